The van der Waals surface area contributed by atoms with Gasteiger partial charge in [0.15, 0.2) is 0 Å². The molecular formula is C15H27N3O3. The number of hydrogen-bond acceptors (Lipinski definition) is 3. The summed E-state index contributed by atoms with van der Waals surface area (Å²) >= 11 is 0. The fourth-order valence-electron chi connectivity index (χ4n) is 3.27. The van der Waals surface area contributed by atoms with E-state index in [0.717, 1.165) is 12.3 Å². The number of rotatable bonds is 6. The van der Waals surface area contributed by atoms with Crippen molar-refractivity contribution in [2.75, 3.05) is 26.3 Å². The van der Waals surface area contributed by atoms with Gasteiger partial charge in [0.1, 0.15) is 0 Å². The maximum atomic E-state index is 11.8. The summed E-state index contributed by atoms with van der Waals surface area (Å²) in [6.45, 7) is 2.03. The van der Waals surface area contributed by atoms with Gasteiger partial charge in [-0.05, 0) is 25.2 Å². The van der Waals surface area contributed by atoms with Gasteiger partial charge in [0.2, 0.25) is 5.91 Å². The van der Waals surface area contributed by atoms with Gasteiger partial charge in [-0.1, -0.05) is 25.7 Å². The first-order chi connectivity index (χ1) is 10.1. The molecule has 0 aromatic heterocycles. The molecular weight excluding hydrogens is 270 g/mol. The van der Waals surface area contributed by atoms with E-state index in [1.807, 2.05) is 0 Å². The van der Waals surface area contributed by atoms with E-state index in [1.165, 1.54) is 25.7 Å². The van der Waals surface area contributed by atoms with Crippen molar-refractivity contribution in [2.24, 2.45) is 17.1 Å². The predicted octanol–water partition coefficient (Wildman–Crippen LogP) is 1.15. The predicted molar refractivity (Wildman–Crippen MR) is 79.7 cm³/mol. The Kier molecular flexibility index (Phi) is 5.85. The van der Waals surface area contributed by atoms with Gasteiger partial charge in [-0.25, -0.2) is 4.79 Å². The van der Waals surface area contributed by atoms with E-state index in [2.05, 4.69) is 10.6 Å². The van der Waals surface area contributed by atoms with Gasteiger partial charge in [-0.3, -0.25) is 4.79 Å². The second kappa shape index (κ2) is 7.64. The molecule has 1 heterocycles. The van der Waals surface area contributed by atoms with E-state index < -0.39 is 5.41 Å². The standard InChI is InChI=1S/C15H27N3O3/c16-13(19)15(6-9-21-10-7-15)11-18-14(20)17-8-5-12-3-1-2-4-12/h12H,1-11H2,(H2,16,19)(H2,17,18,20). The van der Waals surface area contributed by atoms with Crippen LogP contribution in [0.15, 0.2) is 0 Å². The molecule has 120 valence electrons. The lowest BCUT2D eigenvalue weighted by atomic mass is 9.79. The summed E-state index contributed by atoms with van der Waals surface area (Å²) in [4.78, 5) is 23.5. The Bertz CT molecular complexity index is 361. The highest BCUT2D eigenvalue weighted by atomic mass is 16.5. The van der Waals surface area contributed by atoms with Gasteiger partial charge in [0, 0.05) is 26.3 Å². The van der Waals surface area contributed by atoms with Crippen LogP contribution >= 0.6 is 0 Å². The lowest BCUT2D eigenvalue weighted by Gasteiger charge is -2.34. The summed E-state index contributed by atoms with van der Waals surface area (Å²) in [6, 6.07) is -0.208. The van der Waals surface area contributed by atoms with Gasteiger partial charge in [-0.2, -0.15) is 0 Å². The molecule has 0 aromatic rings. The van der Waals surface area contributed by atoms with Crippen LogP contribution in [0.4, 0.5) is 4.79 Å². The van der Waals surface area contributed by atoms with Crippen molar-refractivity contribution in [3.63, 3.8) is 0 Å². The summed E-state index contributed by atoms with van der Waals surface area (Å²) in [5, 5.41) is 5.67. The minimum absolute atomic E-state index is 0.208. The lowest BCUT2D eigenvalue weighted by molar-refractivity contribution is -0.132. The van der Waals surface area contributed by atoms with E-state index in [9.17, 15) is 9.59 Å². The Morgan fingerprint density at radius 3 is 2.43 bits per heavy atom. The molecule has 0 bridgehead atoms. The number of nitrogens with one attached hydrogen (secondary N) is 2. The average Bonchev–Trinajstić information content (AvgIpc) is 2.99. The van der Waals surface area contributed by atoms with E-state index in [0.29, 0.717) is 39.1 Å². The van der Waals surface area contributed by atoms with Crippen LogP contribution in [0.2, 0.25) is 0 Å². The molecule has 1 aliphatic heterocycles. The molecule has 1 aliphatic carbocycles. The molecule has 1 saturated carbocycles. The van der Waals surface area contributed by atoms with Gasteiger partial charge in [-0.15, -0.1) is 0 Å². The third-order valence-corrected chi connectivity index (χ3v) is 4.87. The molecule has 6 nitrogen and oxygen atoms in total. The fraction of sp³-hybridized carbons (Fsp3) is 0.867. The molecule has 1 saturated heterocycles. The summed E-state index contributed by atoms with van der Waals surface area (Å²) in [6.07, 6.45) is 7.40. The maximum Gasteiger partial charge on any atom is 0.314 e. The van der Waals surface area contributed by atoms with E-state index in [1.54, 1.807) is 0 Å². The van der Waals surface area contributed by atoms with Crippen LogP contribution in [0.1, 0.15) is 44.9 Å². The Labute approximate surface area is 126 Å². The zero-order valence-electron chi connectivity index (χ0n) is 12.7. The fourth-order valence-corrected chi connectivity index (χ4v) is 3.27. The van der Waals surface area contributed by atoms with Crippen molar-refractivity contribution in [3.05, 3.63) is 0 Å². The van der Waals surface area contributed by atoms with Crippen molar-refractivity contribution in [3.8, 4) is 0 Å². The van der Waals surface area contributed by atoms with Crippen LogP contribution in [-0.4, -0.2) is 38.2 Å². The molecule has 0 atom stereocenters. The molecule has 0 spiro atoms. The van der Waals surface area contributed by atoms with Crippen LogP contribution < -0.4 is 16.4 Å². The van der Waals surface area contributed by atoms with Gasteiger partial charge in [0.05, 0.1) is 5.41 Å². The summed E-state index contributed by atoms with van der Waals surface area (Å²) in [7, 11) is 0. The lowest BCUT2D eigenvalue weighted by Crippen LogP contribution is -2.51. The first kappa shape index (κ1) is 16.1. The van der Waals surface area contributed by atoms with Crippen molar-refractivity contribution >= 4 is 11.9 Å². The van der Waals surface area contributed by atoms with Crippen molar-refractivity contribution in [1.82, 2.24) is 10.6 Å². The van der Waals surface area contributed by atoms with Crippen LogP contribution in [0.3, 0.4) is 0 Å². The summed E-state index contributed by atoms with van der Waals surface area (Å²) in [5.74, 6) is 0.412. The molecule has 2 aliphatic rings. The second-order valence-electron chi connectivity index (χ2n) is 6.31. The Balaban J connectivity index is 1.67. The first-order valence-corrected chi connectivity index (χ1v) is 8.02. The molecule has 21 heavy (non-hydrogen) atoms. The molecule has 3 amide bonds. The van der Waals surface area contributed by atoms with Gasteiger partial charge < -0.3 is 21.1 Å². The minimum Gasteiger partial charge on any atom is -0.381 e. The van der Waals surface area contributed by atoms with Crippen molar-refractivity contribution in [1.29, 1.82) is 0 Å². The number of urea groups is 1. The number of carbonyl (C=O) groups is 2. The molecule has 0 unspecified atom stereocenters. The topological polar surface area (TPSA) is 93.5 Å². The van der Waals surface area contributed by atoms with Crippen molar-refractivity contribution in [2.45, 2.75) is 44.9 Å². The largest absolute Gasteiger partial charge is 0.381 e. The summed E-state index contributed by atoms with van der Waals surface area (Å²) < 4.78 is 5.27. The third kappa shape index (κ3) is 4.59. The van der Waals surface area contributed by atoms with Gasteiger partial charge in [0.25, 0.3) is 0 Å². The minimum atomic E-state index is -0.652. The van der Waals surface area contributed by atoms with Crippen LogP contribution in [-0.2, 0) is 9.53 Å². The van der Waals surface area contributed by atoms with Crippen LogP contribution in [0.5, 0.6) is 0 Å². The van der Waals surface area contributed by atoms with Crippen molar-refractivity contribution < 1.29 is 14.3 Å². The zero-order valence-corrected chi connectivity index (χ0v) is 12.7. The second-order valence-corrected chi connectivity index (χ2v) is 6.31. The molecule has 0 aromatic carbocycles. The Morgan fingerprint density at radius 2 is 1.81 bits per heavy atom. The summed E-state index contributed by atoms with van der Waals surface area (Å²) in [5.41, 5.74) is 4.85. The van der Waals surface area contributed by atoms with E-state index in [-0.39, 0.29) is 11.9 Å². The van der Waals surface area contributed by atoms with Crippen LogP contribution in [0.25, 0.3) is 0 Å². The van der Waals surface area contributed by atoms with Crippen LogP contribution in [0, 0.1) is 11.3 Å². The molecule has 0 radical (unpaired) electrons. The number of nitrogens with two attached hydrogens (primary N) is 1. The normalized spacial score (nSPS) is 21.9. The van der Waals surface area contributed by atoms with E-state index >= 15 is 0 Å². The highest BCUT2D eigenvalue weighted by molar-refractivity contribution is 5.82. The molecule has 2 rings (SSSR count). The quantitative estimate of drug-likeness (QED) is 0.686. The molecule has 4 N–H and O–H groups in total. The van der Waals surface area contributed by atoms with E-state index in [4.69, 9.17) is 10.5 Å². The highest BCUT2D eigenvalue weighted by Gasteiger charge is 2.38. The number of amides is 3. The third-order valence-electron chi connectivity index (χ3n) is 4.87. The number of hydrogen-bond donors (Lipinski definition) is 3. The number of ether oxygens (including phenoxy) is 1. The monoisotopic (exact) mass is 297 g/mol. The first-order valence-electron chi connectivity index (χ1n) is 8.02. The number of primary amides is 1. The Morgan fingerprint density at radius 1 is 1.14 bits per heavy atom. The van der Waals surface area contributed by atoms with Gasteiger partial charge >= 0.3 is 6.03 Å². The average molecular weight is 297 g/mol. The SMILES string of the molecule is NC(=O)C1(CNC(=O)NCCC2CCCC2)CCOCC1. The molecule has 6 heteroatoms. The number of carbonyl (C=O) groups excluding carboxylic acids is 2. The Hall–Kier alpha value is -1.30. The highest BCUT2D eigenvalue weighted by Crippen LogP contribution is 2.29. The molecule has 2 fully saturated rings. The maximum absolute atomic E-state index is 11.8. The zero-order chi connectivity index (χ0) is 15.1. The smallest absolute Gasteiger partial charge is 0.314 e.